The zero-order valence-electron chi connectivity index (χ0n) is 19.1. The van der Waals surface area contributed by atoms with Crippen LogP contribution < -0.4 is 9.80 Å². The first kappa shape index (κ1) is 21.2. The molecule has 0 radical (unpaired) electrons. The summed E-state index contributed by atoms with van der Waals surface area (Å²) in [6.45, 7) is 8.30. The Bertz CT molecular complexity index is 1220. The van der Waals surface area contributed by atoms with Crippen LogP contribution in [0.25, 0.3) is 16.9 Å². The predicted molar refractivity (Wildman–Crippen MR) is 127 cm³/mol. The molecule has 1 amide bonds. The molecule has 170 valence electrons. The lowest BCUT2D eigenvalue weighted by atomic mass is 10.1. The molecule has 9 heteroatoms. The molecule has 0 unspecified atom stereocenters. The van der Waals surface area contributed by atoms with Gasteiger partial charge >= 0.3 is 0 Å². The molecule has 5 rings (SSSR count). The van der Waals surface area contributed by atoms with Crippen molar-refractivity contribution in [3.63, 3.8) is 0 Å². The molecule has 1 atom stereocenters. The number of rotatable bonds is 5. The zero-order valence-corrected chi connectivity index (χ0v) is 19.1. The third-order valence-corrected chi connectivity index (χ3v) is 6.57. The van der Waals surface area contributed by atoms with Crippen molar-refractivity contribution in [1.82, 2.24) is 24.4 Å². The second-order valence-electron chi connectivity index (χ2n) is 8.77. The fraction of sp³-hybridized carbons (Fsp3) is 0.458. The normalized spacial score (nSPS) is 18.3. The van der Waals surface area contributed by atoms with Gasteiger partial charge in [0.25, 0.3) is 0 Å². The van der Waals surface area contributed by atoms with Gasteiger partial charge in [-0.3, -0.25) is 9.36 Å². The third-order valence-electron chi connectivity index (χ3n) is 6.57. The fourth-order valence-corrected chi connectivity index (χ4v) is 4.74. The van der Waals surface area contributed by atoms with E-state index in [0.717, 1.165) is 61.6 Å². The van der Waals surface area contributed by atoms with Crippen molar-refractivity contribution < 1.29 is 4.79 Å². The maximum absolute atomic E-state index is 12.5. The minimum atomic E-state index is 0.117. The van der Waals surface area contributed by atoms with Crippen LogP contribution in [0.3, 0.4) is 0 Å². The van der Waals surface area contributed by atoms with E-state index in [9.17, 15) is 10.1 Å². The Morgan fingerprint density at radius 2 is 2.03 bits per heavy atom. The summed E-state index contributed by atoms with van der Waals surface area (Å²) < 4.78 is 1.96. The first-order chi connectivity index (χ1) is 16.1. The number of carbonyl (C=O) groups excluding carboxylic acids is 1. The van der Waals surface area contributed by atoms with Crippen molar-refractivity contribution in [3.05, 3.63) is 36.4 Å². The first-order valence-electron chi connectivity index (χ1n) is 11.6. The summed E-state index contributed by atoms with van der Waals surface area (Å²) in [5.74, 6) is 1.79. The number of fused-ring (bicyclic) bond motifs is 1. The van der Waals surface area contributed by atoms with Gasteiger partial charge in [0.2, 0.25) is 5.91 Å². The minimum absolute atomic E-state index is 0.117. The predicted octanol–water partition coefficient (Wildman–Crippen LogP) is 2.73. The number of nitrogens with zero attached hydrogens (tertiary/aromatic N) is 8. The summed E-state index contributed by atoms with van der Waals surface area (Å²) in [6.07, 6.45) is 7.94. The van der Waals surface area contributed by atoms with Gasteiger partial charge < -0.3 is 14.7 Å². The number of piperazine rings is 1. The summed E-state index contributed by atoms with van der Waals surface area (Å²) in [5.41, 5.74) is 2.43. The van der Waals surface area contributed by atoms with Crippen molar-refractivity contribution in [2.24, 2.45) is 0 Å². The van der Waals surface area contributed by atoms with Crippen LogP contribution in [-0.2, 0) is 4.79 Å². The van der Waals surface area contributed by atoms with Gasteiger partial charge in [-0.1, -0.05) is 6.92 Å². The van der Waals surface area contributed by atoms with Gasteiger partial charge in [-0.25, -0.2) is 15.0 Å². The fourth-order valence-electron chi connectivity index (χ4n) is 4.74. The molecule has 0 saturated carbocycles. The number of carbonyl (C=O) groups is 1. The number of pyridine rings is 1. The van der Waals surface area contributed by atoms with E-state index in [-0.39, 0.29) is 11.9 Å². The minimum Gasteiger partial charge on any atom is -0.369 e. The summed E-state index contributed by atoms with van der Waals surface area (Å²) in [4.78, 5) is 33.0. The maximum Gasteiger partial charge on any atom is 0.222 e. The molecule has 0 spiro atoms. The number of aromatic nitrogens is 4. The lowest BCUT2D eigenvalue weighted by molar-refractivity contribution is -0.133. The van der Waals surface area contributed by atoms with Gasteiger partial charge in [0.15, 0.2) is 5.65 Å². The standard InChI is InChI=1S/C24H28N8O/c1-3-5-21(33)31-11-10-30(14-17(31)2)23-22-19(29-8-4-9-29)15-32(24(22)28-16-27-23)20-12-18(13-25)6-7-26-20/h6-7,12,15-17H,3-5,8-11,14H2,1-2H3/t17-/m1/s1. The van der Waals surface area contributed by atoms with E-state index >= 15 is 0 Å². The molecule has 2 aliphatic heterocycles. The summed E-state index contributed by atoms with van der Waals surface area (Å²) in [6, 6.07) is 5.79. The van der Waals surface area contributed by atoms with E-state index in [0.29, 0.717) is 24.3 Å². The monoisotopic (exact) mass is 444 g/mol. The van der Waals surface area contributed by atoms with Crippen molar-refractivity contribution >= 4 is 28.4 Å². The Balaban J connectivity index is 1.56. The van der Waals surface area contributed by atoms with Crippen LogP contribution in [0.5, 0.6) is 0 Å². The smallest absolute Gasteiger partial charge is 0.222 e. The van der Waals surface area contributed by atoms with Crippen LogP contribution in [0.15, 0.2) is 30.9 Å². The second-order valence-corrected chi connectivity index (χ2v) is 8.77. The van der Waals surface area contributed by atoms with Crippen molar-refractivity contribution in [3.8, 4) is 11.9 Å². The molecule has 3 aromatic heterocycles. The number of anilines is 2. The molecule has 0 aromatic carbocycles. The highest BCUT2D eigenvalue weighted by atomic mass is 16.2. The highest BCUT2D eigenvalue weighted by Gasteiger charge is 2.31. The summed E-state index contributed by atoms with van der Waals surface area (Å²) in [7, 11) is 0. The molecule has 33 heavy (non-hydrogen) atoms. The van der Waals surface area contributed by atoms with Crippen LogP contribution in [0.4, 0.5) is 11.5 Å². The highest BCUT2D eigenvalue weighted by molar-refractivity contribution is 6.01. The molecule has 9 nitrogen and oxygen atoms in total. The summed E-state index contributed by atoms with van der Waals surface area (Å²) >= 11 is 0. The number of nitriles is 1. The number of amides is 1. The Kier molecular flexibility index (Phi) is 5.58. The number of hydrogen-bond donors (Lipinski definition) is 0. The molecule has 2 saturated heterocycles. The van der Waals surface area contributed by atoms with Crippen molar-refractivity contribution in [2.45, 2.75) is 39.2 Å². The average Bonchev–Trinajstić information content (AvgIpc) is 3.17. The van der Waals surface area contributed by atoms with Gasteiger partial charge in [0.05, 0.1) is 22.7 Å². The van der Waals surface area contributed by atoms with Crippen LogP contribution >= 0.6 is 0 Å². The highest BCUT2D eigenvalue weighted by Crippen LogP contribution is 2.38. The SMILES string of the molecule is CCCC(=O)N1CCN(c2ncnc3c2c(N2CCC2)cn3-c2cc(C#N)ccn2)C[C@H]1C. The van der Waals surface area contributed by atoms with Crippen molar-refractivity contribution in [2.75, 3.05) is 42.5 Å². The molecule has 3 aromatic rings. The average molecular weight is 445 g/mol. The lowest BCUT2D eigenvalue weighted by Gasteiger charge is -2.41. The van der Waals surface area contributed by atoms with Crippen LogP contribution in [0.2, 0.25) is 0 Å². The molecule has 0 aliphatic carbocycles. The second kappa shape index (κ2) is 8.70. The summed E-state index contributed by atoms with van der Waals surface area (Å²) in [5, 5.41) is 10.3. The largest absolute Gasteiger partial charge is 0.369 e. The van der Waals surface area contributed by atoms with Gasteiger partial charge in [0.1, 0.15) is 18.0 Å². The number of hydrogen-bond acceptors (Lipinski definition) is 7. The van der Waals surface area contributed by atoms with Gasteiger partial charge in [-0.15, -0.1) is 0 Å². The Labute approximate surface area is 193 Å². The molecule has 5 heterocycles. The quantitative estimate of drug-likeness (QED) is 0.597. The van der Waals surface area contributed by atoms with E-state index in [1.807, 2.05) is 16.4 Å². The zero-order chi connectivity index (χ0) is 22.9. The van der Waals surface area contributed by atoms with E-state index < -0.39 is 0 Å². The maximum atomic E-state index is 12.5. The molecule has 0 bridgehead atoms. The van der Waals surface area contributed by atoms with E-state index in [4.69, 9.17) is 4.98 Å². The van der Waals surface area contributed by atoms with E-state index in [2.05, 4.69) is 39.0 Å². The Morgan fingerprint density at radius 1 is 1.18 bits per heavy atom. The van der Waals surface area contributed by atoms with E-state index in [1.165, 1.54) is 0 Å². The molecule has 2 fully saturated rings. The molecular formula is C24H28N8O. The Hall–Kier alpha value is -3.67. The van der Waals surface area contributed by atoms with Gasteiger partial charge in [0, 0.05) is 57.6 Å². The molecule has 0 N–H and O–H groups in total. The molecule has 2 aliphatic rings. The van der Waals surface area contributed by atoms with Gasteiger partial charge in [-0.2, -0.15) is 5.26 Å². The lowest BCUT2D eigenvalue weighted by Crippen LogP contribution is -2.54. The molecular weight excluding hydrogens is 416 g/mol. The van der Waals surface area contributed by atoms with Gasteiger partial charge in [-0.05, 0) is 31.9 Å². The first-order valence-corrected chi connectivity index (χ1v) is 11.6. The Morgan fingerprint density at radius 3 is 2.73 bits per heavy atom. The van der Waals surface area contributed by atoms with Crippen LogP contribution in [0.1, 0.15) is 38.7 Å². The van der Waals surface area contributed by atoms with Crippen molar-refractivity contribution in [1.29, 1.82) is 5.26 Å². The third kappa shape index (κ3) is 3.75. The van der Waals surface area contributed by atoms with Crippen LogP contribution in [-0.4, -0.2) is 69.1 Å². The topological polar surface area (TPSA) is 94.2 Å². The van der Waals surface area contributed by atoms with E-state index in [1.54, 1.807) is 24.7 Å². The van der Waals surface area contributed by atoms with Crippen LogP contribution in [0, 0.1) is 11.3 Å².